The molecule has 8 N–H and O–H groups in total. The van der Waals surface area contributed by atoms with E-state index in [1.807, 2.05) is 18.2 Å². The molecule has 2 aromatic rings. The van der Waals surface area contributed by atoms with E-state index >= 15 is 0 Å². The number of rotatable bonds is 7. The molecule has 15 heteroatoms. The number of aliphatic carboxylic acids is 1. The van der Waals surface area contributed by atoms with Crippen LogP contribution in [0.2, 0.25) is 0 Å². The van der Waals surface area contributed by atoms with E-state index in [0.29, 0.717) is 35.2 Å². The number of aliphatic hydroxyl groups excluding tert-OH is 2. The molecule has 15 nitrogen and oxygen atoms in total. The monoisotopic (exact) mass is 618 g/mol. The van der Waals surface area contributed by atoms with Gasteiger partial charge in [0.05, 0.1) is 32.9 Å². The fourth-order valence-electron chi connectivity index (χ4n) is 6.37. The topological polar surface area (TPSA) is 232 Å². The molecule has 6 rings (SSSR count). The minimum atomic E-state index is -2.10. The highest BCUT2D eigenvalue weighted by molar-refractivity contribution is 5.90. The van der Waals surface area contributed by atoms with Crippen LogP contribution < -0.4 is 35.2 Å². The van der Waals surface area contributed by atoms with E-state index in [1.165, 1.54) is 7.11 Å². The number of carbonyl (C=O) groups excluding carboxylic acids is 1. The van der Waals surface area contributed by atoms with Gasteiger partial charge in [0, 0.05) is 17.2 Å². The number of carboxylic acid groups (broad SMARTS) is 1. The average Bonchev–Trinajstić information content (AvgIpc) is 3.30. The summed E-state index contributed by atoms with van der Waals surface area (Å²) in [7, 11) is 3.08. The van der Waals surface area contributed by atoms with Crippen molar-refractivity contribution in [2.45, 2.75) is 73.8 Å². The third-order valence-corrected chi connectivity index (χ3v) is 8.61. The molecule has 0 aromatic heterocycles. The molecule has 0 aliphatic carbocycles. The quantitative estimate of drug-likeness (QED) is 0.130. The van der Waals surface area contributed by atoms with Gasteiger partial charge in [-0.3, -0.25) is 9.59 Å². The largest absolute Gasteiger partial charge is 0.493 e. The number of benzene rings is 2. The predicted molar refractivity (Wildman–Crippen MR) is 146 cm³/mol. The Bertz CT molecular complexity index is 1470. The van der Waals surface area contributed by atoms with Crippen molar-refractivity contribution in [3.05, 3.63) is 41.0 Å². The lowest BCUT2D eigenvalue weighted by Crippen LogP contribution is -2.71. The van der Waals surface area contributed by atoms with Crippen LogP contribution in [0.15, 0.2) is 24.3 Å². The van der Waals surface area contributed by atoms with Gasteiger partial charge in [0.15, 0.2) is 23.2 Å². The van der Waals surface area contributed by atoms with Crippen LogP contribution >= 0.6 is 0 Å². The molecule has 0 unspecified atom stereocenters. The van der Waals surface area contributed by atoms with Crippen LogP contribution in [0.25, 0.3) is 0 Å². The first-order chi connectivity index (χ1) is 21.0. The smallest absolute Gasteiger partial charge is 0.317 e. The Hall–Kier alpha value is -3.86. The van der Waals surface area contributed by atoms with Gasteiger partial charge in [-0.05, 0) is 30.5 Å². The maximum absolute atomic E-state index is 12.1. The fraction of sp³-hybridized carbons (Fsp3) is 0.517. The minimum absolute atomic E-state index is 0.0897. The second-order valence-electron chi connectivity index (χ2n) is 11.3. The van der Waals surface area contributed by atoms with Gasteiger partial charge in [-0.25, -0.2) is 0 Å². The van der Waals surface area contributed by atoms with Crippen LogP contribution in [0, 0.1) is 0 Å². The highest BCUT2D eigenvalue weighted by Gasteiger charge is 2.59. The summed E-state index contributed by atoms with van der Waals surface area (Å²) in [5.74, 6) is -0.418. The Morgan fingerprint density at radius 3 is 2.55 bits per heavy atom. The molecular weight excluding hydrogens is 584 g/mol. The Kier molecular flexibility index (Phi) is 7.72. The molecule has 0 bridgehead atoms. The number of hydrogen-bond donors (Lipinski definition) is 6. The lowest BCUT2D eigenvalue weighted by molar-refractivity contribution is -0.329. The lowest BCUT2D eigenvalue weighted by atomic mass is 9.81. The molecule has 1 fully saturated rings. The van der Waals surface area contributed by atoms with E-state index in [4.69, 9.17) is 49.7 Å². The first kappa shape index (κ1) is 30.2. The molecule has 0 spiro atoms. The Labute approximate surface area is 251 Å². The summed E-state index contributed by atoms with van der Waals surface area (Å²) < 4.78 is 40.7. The molecule has 44 heavy (non-hydrogen) atoms. The molecule has 0 amide bonds. The van der Waals surface area contributed by atoms with E-state index in [-0.39, 0.29) is 24.5 Å². The molecule has 2 aromatic carbocycles. The molecule has 4 heterocycles. The normalized spacial score (nSPS) is 30.5. The van der Waals surface area contributed by atoms with Crippen LogP contribution in [-0.2, 0) is 25.5 Å². The summed E-state index contributed by atoms with van der Waals surface area (Å²) >= 11 is 0. The molecule has 4 aliphatic heterocycles. The van der Waals surface area contributed by atoms with Crippen molar-refractivity contribution in [3.63, 3.8) is 0 Å². The number of aryl methyl sites for hydroxylation is 1. The van der Waals surface area contributed by atoms with Crippen LogP contribution in [0.5, 0.6) is 28.7 Å². The third-order valence-electron chi connectivity index (χ3n) is 8.61. The molecule has 0 saturated carbocycles. The maximum Gasteiger partial charge on any atom is 0.317 e. The third kappa shape index (κ3) is 4.85. The molecule has 0 radical (unpaired) electrons. The summed E-state index contributed by atoms with van der Waals surface area (Å²) in [5.41, 5.74) is 11.8. The number of nitrogens with two attached hydrogens (primary N) is 2. The summed E-state index contributed by atoms with van der Waals surface area (Å²) in [5, 5.41) is 42.5. The van der Waals surface area contributed by atoms with E-state index < -0.39 is 66.9 Å². The second-order valence-corrected chi connectivity index (χ2v) is 11.3. The van der Waals surface area contributed by atoms with E-state index in [0.717, 1.165) is 11.1 Å². The Balaban J connectivity index is 1.29. The highest BCUT2D eigenvalue weighted by Crippen LogP contribution is 2.57. The van der Waals surface area contributed by atoms with Crippen molar-refractivity contribution in [1.82, 2.24) is 0 Å². The minimum Gasteiger partial charge on any atom is -0.493 e. The highest BCUT2D eigenvalue weighted by atomic mass is 16.7. The van der Waals surface area contributed by atoms with Gasteiger partial charge in [-0.15, -0.1) is 0 Å². The van der Waals surface area contributed by atoms with E-state index in [2.05, 4.69) is 0 Å². The van der Waals surface area contributed by atoms with Crippen molar-refractivity contribution in [2.24, 2.45) is 11.5 Å². The SMILES string of the molecule is COc1ccc2c(c1OC)O[C@@H]1c3cc4c(cc3OC[C@@H]21)O[C@H]1O[C@H]([C@H](OC(=O)CC(=O)O)C(N)N)[C@@H](O)[C@H](O)[C@]1(O)CC4. The first-order valence-electron chi connectivity index (χ1n) is 14.0. The number of fused-ring (bicyclic) bond motifs is 7. The van der Waals surface area contributed by atoms with Gasteiger partial charge in [-0.1, -0.05) is 6.07 Å². The zero-order valence-corrected chi connectivity index (χ0v) is 23.9. The van der Waals surface area contributed by atoms with Gasteiger partial charge in [-0.2, -0.15) is 0 Å². The fourth-order valence-corrected chi connectivity index (χ4v) is 6.37. The summed E-state index contributed by atoms with van der Waals surface area (Å²) in [4.78, 5) is 23.0. The number of carboxylic acids is 1. The number of carbonyl (C=O) groups is 2. The molecule has 8 atom stereocenters. The van der Waals surface area contributed by atoms with Gasteiger partial charge in [0.2, 0.25) is 12.0 Å². The molecule has 238 valence electrons. The zero-order valence-electron chi connectivity index (χ0n) is 23.9. The van der Waals surface area contributed by atoms with Crippen LogP contribution in [0.1, 0.15) is 41.6 Å². The number of esters is 1. The van der Waals surface area contributed by atoms with Gasteiger partial charge >= 0.3 is 11.9 Å². The molecular formula is C29H34N2O13. The van der Waals surface area contributed by atoms with E-state index in [9.17, 15) is 24.9 Å². The second kappa shape index (κ2) is 11.3. The zero-order chi connectivity index (χ0) is 31.5. The standard InChI is InChI=1S/C29H34N2O13/c1-38-15-4-3-12-14-10-40-17-8-16-11(7-13(17)21(14)43-22(12)23(15)39-2)5-6-29(37)26(36)20(35)24(44-28(29)41-16)25(27(30)31)42-19(34)9-18(32)33/h3-4,7-8,14,20-21,24-28,35-37H,5-6,9-10,30-31H2,1-2H3,(H,32,33)/t14-,20+,21+,24-,25-,26-,28-,29+/m0/s1. The van der Waals surface area contributed by atoms with Crippen LogP contribution in [0.4, 0.5) is 0 Å². The van der Waals surface area contributed by atoms with Crippen molar-refractivity contribution in [3.8, 4) is 28.7 Å². The van der Waals surface area contributed by atoms with Crippen molar-refractivity contribution < 1.29 is 63.2 Å². The number of ether oxygens (including phenoxy) is 7. The van der Waals surface area contributed by atoms with Gasteiger partial charge < -0.3 is 65.1 Å². The summed E-state index contributed by atoms with van der Waals surface area (Å²) in [6, 6.07) is 7.23. The van der Waals surface area contributed by atoms with Crippen LogP contribution in [0.3, 0.4) is 0 Å². The van der Waals surface area contributed by atoms with Crippen LogP contribution in [-0.4, -0.2) is 95.7 Å². The van der Waals surface area contributed by atoms with E-state index in [1.54, 1.807) is 13.2 Å². The number of aliphatic hydroxyl groups is 3. The number of methoxy groups -OCH3 is 2. The first-order valence-corrected chi connectivity index (χ1v) is 14.0. The van der Waals surface area contributed by atoms with Crippen molar-refractivity contribution in [2.75, 3.05) is 20.8 Å². The molecule has 4 aliphatic rings. The van der Waals surface area contributed by atoms with Crippen molar-refractivity contribution in [1.29, 1.82) is 0 Å². The van der Waals surface area contributed by atoms with Gasteiger partial charge in [0.25, 0.3) is 0 Å². The summed E-state index contributed by atoms with van der Waals surface area (Å²) in [6.45, 7) is 0.299. The predicted octanol–water partition coefficient (Wildman–Crippen LogP) is -0.554. The summed E-state index contributed by atoms with van der Waals surface area (Å²) in [6.07, 6.45) is -11.1. The maximum atomic E-state index is 12.1. The Morgan fingerprint density at radius 2 is 1.86 bits per heavy atom. The Morgan fingerprint density at radius 1 is 1.09 bits per heavy atom. The lowest BCUT2D eigenvalue weighted by Gasteiger charge is -2.48. The number of hydrogen-bond acceptors (Lipinski definition) is 14. The average molecular weight is 619 g/mol. The van der Waals surface area contributed by atoms with Gasteiger partial charge in [0.1, 0.15) is 42.3 Å². The van der Waals surface area contributed by atoms with Crippen molar-refractivity contribution >= 4 is 11.9 Å². The molecule has 1 saturated heterocycles.